The maximum atomic E-state index is 13.3. The molecular weight excluding hydrogens is 396 g/mol. The first-order valence-corrected chi connectivity index (χ1v) is 11.1. The summed E-state index contributed by atoms with van der Waals surface area (Å²) in [5, 5.41) is 3.79. The van der Waals surface area contributed by atoms with Crippen LogP contribution in [0, 0.1) is 13.8 Å². The molecular formula is C25H31ClN2O2. The SMILES string of the molecule is Cc1ccc(CC(=O)N(Cc2ccc(Cl)cc2)C(C)C(=O)NC2CCCC2)cc1C. The first kappa shape index (κ1) is 22.4. The van der Waals surface area contributed by atoms with E-state index in [1.165, 1.54) is 5.56 Å². The van der Waals surface area contributed by atoms with Gasteiger partial charge in [0.15, 0.2) is 0 Å². The first-order chi connectivity index (χ1) is 14.3. The number of amides is 2. The fourth-order valence-corrected chi connectivity index (χ4v) is 4.08. The van der Waals surface area contributed by atoms with Gasteiger partial charge in [0, 0.05) is 17.6 Å². The molecule has 2 aromatic carbocycles. The number of rotatable bonds is 7. The van der Waals surface area contributed by atoms with Gasteiger partial charge in [-0.2, -0.15) is 0 Å². The van der Waals surface area contributed by atoms with Gasteiger partial charge in [0.25, 0.3) is 0 Å². The highest BCUT2D eigenvalue weighted by Crippen LogP contribution is 2.20. The Bertz CT molecular complexity index is 889. The van der Waals surface area contributed by atoms with E-state index in [1.54, 1.807) is 4.90 Å². The highest BCUT2D eigenvalue weighted by Gasteiger charge is 2.28. The molecule has 2 aromatic rings. The summed E-state index contributed by atoms with van der Waals surface area (Å²) in [7, 11) is 0. The molecule has 1 aliphatic rings. The van der Waals surface area contributed by atoms with Crippen molar-refractivity contribution >= 4 is 23.4 Å². The zero-order valence-electron chi connectivity index (χ0n) is 18.1. The van der Waals surface area contributed by atoms with Crippen LogP contribution in [0.25, 0.3) is 0 Å². The predicted octanol–water partition coefficient (Wildman–Crippen LogP) is 4.98. The summed E-state index contributed by atoms with van der Waals surface area (Å²) in [5.41, 5.74) is 4.28. The summed E-state index contributed by atoms with van der Waals surface area (Å²) in [6.45, 7) is 6.30. The Morgan fingerprint density at radius 2 is 1.67 bits per heavy atom. The quantitative estimate of drug-likeness (QED) is 0.679. The van der Waals surface area contributed by atoms with Crippen LogP contribution in [0.15, 0.2) is 42.5 Å². The van der Waals surface area contributed by atoms with Crippen molar-refractivity contribution in [1.82, 2.24) is 10.2 Å². The normalized spacial score (nSPS) is 15.1. The van der Waals surface area contributed by atoms with Crippen molar-refractivity contribution in [2.75, 3.05) is 0 Å². The van der Waals surface area contributed by atoms with Crippen LogP contribution >= 0.6 is 11.6 Å². The van der Waals surface area contributed by atoms with E-state index >= 15 is 0 Å². The van der Waals surface area contributed by atoms with Gasteiger partial charge in [-0.1, -0.05) is 54.8 Å². The molecule has 5 heteroatoms. The second kappa shape index (κ2) is 10.1. The van der Waals surface area contributed by atoms with Crippen molar-refractivity contribution in [3.63, 3.8) is 0 Å². The van der Waals surface area contributed by atoms with Gasteiger partial charge in [-0.3, -0.25) is 9.59 Å². The third-order valence-corrected chi connectivity index (χ3v) is 6.31. The van der Waals surface area contributed by atoms with Gasteiger partial charge in [0.2, 0.25) is 11.8 Å². The second-order valence-electron chi connectivity index (χ2n) is 8.41. The topological polar surface area (TPSA) is 49.4 Å². The Labute approximate surface area is 184 Å². The zero-order chi connectivity index (χ0) is 21.7. The molecule has 1 fully saturated rings. The van der Waals surface area contributed by atoms with Gasteiger partial charge in [-0.25, -0.2) is 0 Å². The average Bonchev–Trinajstić information content (AvgIpc) is 3.22. The molecule has 1 N–H and O–H groups in total. The Kier molecular flexibility index (Phi) is 7.54. The lowest BCUT2D eigenvalue weighted by Gasteiger charge is -2.30. The fraction of sp³-hybridized carbons (Fsp3) is 0.440. The Hall–Kier alpha value is -2.33. The molecule has 1 saturated carbocycles. The van der Waals surface area contributed by atoms with Crippen LogP contribution < -0.4 is 5.32 Å². The molecule has 2 amide bonds. The van der Waals surface area contributed by atoms with Crippen molar-refractivity contribution in [3.05, 3.63) is 69.7 Å². The molecule has 1 aliphatic carbocycles. The summed E-state index contributed by atoms with van der Waals surface area (Å²) in [6.07, 6.45) is 4.62. The van der Waals surface area contributed by atoms with Gasteiger partial charge in [-0.05, 0) is 68.0 Å². The molecule has 4 nitrogen and oxygen atoms in total. The van der Waals surface area contributed by atoms with Crippen molar-refractivity contribution in [1.29, 1.82) is 0 Å². The lowest BCUT2D eigenvalue weighted by atomic mass is 10.0. The van der Waals surface area contributed by atoms with E-state index < -0.39 is 6.04 Å². The number of hydrogen-bond donors (Lipinski definition) is 1. The summed E-state index contributed by atoms with van der Waals surface area (Å²) in [5.74, 6) is -0.133. The minimum Gasteiger partial charge on any atom is -0.352 e. The van der Waals surface area contributed by atoms with E-state index in [0.29, 0.717) is 11.6 Å². The van der Waals surface area contributed by atoms with Crippen molar-refractivity contribution in [2.24, 2.45) is 0 Å². The smallest absolute Gasteiger partial charge is 0.242 e. The largest absolute Gasteiger partial charge is 0.352 e. The number of hydrogen-bond acceptors (Lipinski definition) is 2. The van der Waals surface area contributed by atoms with Gasteiger partial charge < -0.3 is 10.2 Å². The number of benzene rings is 2. The third kappa shape index (κ3) is 5.85. The Morgan fingerprint density at radius 1 is 1.03 bits per heavy atom. The van der Waals surface area contributed by atoms with Crippen LogP contribution in [0.2, 0.25) is 5.02 Å². The van der Waals surface area contributed by atoms with E-state index in [-0.39, 0.29) is 24.3 Å². The lowest BCUT2D eigenvalue weighted by Crippen LogP contribution is -2.50. The maximum absolute atomic E-state index is 13.3. The molecule has 160 valence electrons. The minimum absolute atomic E-state index is 0.0534. The minimum atomic E-state index is -0.541. The molecule has 0 saturated heterocycles. The summed E-state index contributed by atoms with van der Waals surface area (Å²) < 4.78 is 0. The predicted molar refractivity (Wildman–Crippen MR) is 121 cm³/mol. The molecule has 0 aromatic heterocycles. The van der Waals surface area contributed by atoms with Gasteiger partial charge in [0.05, 0.1) is 6.42 Å². The molecule has 0 bridgehead atoms. The van der Waals surface area contributed by atoms with Crippen LogP contribution in [0.3, 0.4) is 0 Å². The standard InChI is InChI=1S/C25H31ClN2O2/c1-17-8-9-21(14-18(17)2)15-24(29)28(16-20-10-12-22(26)13-11-20)19(3)25(30)27-23-6-4-5-7-23/h8-14,19,23H,4-7,15-16H2,1-3H3,(H,27,30). The Balaban J connectivity index is 1.77. The second-order valence-corrected chi connectivity index (χ2v) is 8.85. The highest BCUT2D eigenvalue weighted by molar-refractivity contribution is 6.30. The van der Waals surface area contributed by atoms with Gasteiger partial charge >= 0.3 is 0 Å². The van der Waals surface area contributed by atoms with Crippen molar-refractivity contribution in [3.8, 4) is 0 Å². The molecule has 30 heavy (non-hydrogen) atoms. The van der Waals surface area contributed by atoms with Crippen LogP contribution in [0.5, 0.6) is 0 Å². The van der Waals surface area contributed by atoms with Crippen LogP contribution in [-0.2, 0) is 22.6 Å². The number of carbonyl (C=O) groups excluding carboxylic acids is 2. The average molecular weight is 427 g/mol. The van der Waals surface area contributed by atoms with E-state index in [2.05, 4.69) is 18.3 Å². The third-order valence-electron chi connectivity index (χ3n) is 6.06. The van der Waals surface area contributed by atoms with E-state index in [4.69, 9.17) is 11.6 Å². The lowest BCUT2D eigenvalue weighted by molar-refractivity contribution is -0.140. The zero-order valence-corrected chi connectivity index (χ0v) is 18.8. The van der Waals surface area contributed by atoms with E-state index in [9.17, 15) is 9.59 Å². The summed E-state index contributed by atoms with van der Waals surface area (Å²) in [4.78, 5) is 27.9. The monoisotopic (exact) mass is 426 g/mol. The molecule has 0 aliphatic heterocycles. The fourth-order valence-electron chi connectivity index (χ4n) is 3.95. The highest BCUT2D eigenvalue weighted by atomic mass is 35.5. The Morgan fingerprint density at radius 3 is 2.30 bits per heavy atom. The first-order valence-electron chi connectivity index (χ1n) is 10.7. The molecule has 0 radical (unpaired) electrons. The number of carbonyl (C=O) groups is 2. The molecule has 0 spiro atoms. The number of aryl methyl sites for hydroxylation is 2. The summed E-state index contributed by atoms with van der Waals surface area (Å²) in [6, 6.07) is 13.2. The maximum Gasteiger partial charge on any atom is 0.242 e. The molecule has 0 heterocycles. The molecule has 1 atom stereocenters. The van der Waals surface area contributed by atoms with E-state index in [1.807, 2.05) is 50.2 Å². The van der Waals surface area contributed by atoms with E-state index in [0.717, 1.165) is 42.4 Å². The van der Waals surface area contributed by atoms with Crippen LogP contribution in [0.4, 0.5) is 0 Å². The van der Waals surface area contributed by atoms with Crippen LogP contribution in [-0.4, -0.2) is 28.8 Å². The number of nitrogens with one attached hydrogen (secondary N) is 1. The number of nitrogens with zero attached hydrogens (tertiary/aromatic N) is 1. The van der Waals surface area contributed by atoms with Gasteiger partial charge in [0.1, 0.15) is 6.04 Å². The molecule has 1 unspecified atom stereocenters. The van der Waals surface area contributed by atoms with Gasteiger partial charge in [-0.15, -0.1) is 0 Å². The summed E-state index contributed by atoms with van der Waals surface area (Å²) >= 11 is 6.01. The van der Waals surface area contributed by atoms with Crippen molar-refractivity contribution in [2.45, 2.75) is 71.5 Å². The van der Waals surface area contributed by atoms with Crippen LogP contribution in [0.1, 0.15) is 54.9 Å². The van der Waals surface area contributed by atoms with Crippen molar-refractivity contribution < 1.29 is 9.59 Å². The number of halogens is 1. The molecule has 3 rings (SSSR count).